The average molecular weight is 332 g/mol. The number of benzene rings is 1. The second-order valence-electron chi connectivity index (χ2n) is 4.09. The van der Waals surface area contributed by atoms with Gasteiger partial charge in [0.15, 0.2) is 0 Å². The maximum absolute atomic E-state index is 12.5. The standard InChI is InChI=1S/C13H18BrNO2S/c1-4-12(3)15(10-9-14)18(16,17)13-7-5-11(2)6-8-13/h4-8,12H,1,9-10H2,2-3H3. The third kappa shape index (κ3) is 3.43. The number of alkyl halides is 1. The van der Waals surface area contributed by atoms with E-state index >= 15 is 0 Å². The molecule has 0 spiro atoms. The van der Waals surface area contributed by atoms with Gasteiger partial charge in [0.2, 0.25) is 10.0 Å². The van der Waals surface area contributed by atoms with Gasteiger partial charge in [-0.15, -0.1) is 6.58 Å². The maximum Gasteiger partial charge on any atom is 0.243 e. The van der Waals surface area contributed by atoms with Crippen LogP contribution in [0.15, 0.2) is 41.8 Å². The van der Waals surface area contributed by atoms with Crippen LogP contribution in [0.1, 0.15) is 12.5 Å². The van der Waals surface area contributed by atoms with Crippen molar-refractivity contribution in [3.63, 3.8) is 0 Å². The minimum Gasteiger partial charge on any atom is -0.207 e. The highest BCUT2D eigenvalue weighted by atomic mass is 79.9. The molecule has 1 atom stereocenters. The molecule has 0 N–H and O–H groups in total. The van der Waals surface area contributed by atoms with E-state index in [1.165, 1.54) is 4.31 Å². The number of aryl methyl sites for hydroxylation is 1. The van der Waals surface area contributed by atoms with Crippen LogP contribution >= 0.6 is 15.9 Å². The van der Waals surface area contributed by atoms with E-state index in [-0.39, 0.29) is 6.04 Å². The maximum atomic E-state index is 12.5. The van der Waals surface area contributed by atoms with Gasteiger partial charge in [0, 0.05) is 17.9 Å². The molecule has 0 aliphatic heterocycles. The summed E-state index contributed by atoms with van der Waals surface area (Å²) in [5, 5.41) is 0.594. The van der Waals surface area contributed by atoms with E-state index < -0.39 is 10.0 Å². The average Bonchev–Trinajstić information content (AvgIpc) is 2.35. The molecule has 100 valence electrons. The Morgan fingerprint density at radius 2 is 1.94 bits per heavy atom. The Bertz CT molecular complexity index is 496. The lowest BCUT2D eigenvalue weighted by atomic mass is 10.2. The van der Waals surface area contributed by atoms with E-state index in [0.29, 0.717) is 16.8 Å². The first-order valence-electron chi connectivity index (χ1n) is 5.70. The lowest BCUT2D eigenvalue weighted by molar-refractivity contribution is 0.397. The van der Waals surface area contributed by atoms with Crippen molar-refractivity contribution >= 4 is 26.0 Å². The highest BCUT2D eigenvalue weighted by Crippen LogP contribution is 2.19. The zero-order valence-corrected chi connectivity index (χ0v) is 13.0. The van der Waals surface area contributed by atoms with Crippen molar-refractivity contribution in [2.24, 2.45) is 0 Å². The molecule has 0 radical (unpaired) electrons. The van der Waals surface area contributed by atoms with Crippen LogP contribution in [0.4, 0.5) is 0 Å². The van der Waals surface area contributed by atoms with Crippen molar-refractivity contribution in [3.8, 4) is 0 Å². The molecule has 0 amide bonds. The Labute approximate surface area is 118 Å². The van der Waals surface area contributed by atoms with Crippen LogP contribution in [0.3, 0.4) is 0 Å². The summed E-state index contributed by atoms with van der Waals surface area (Å²) in [7, 11) is -3.46. The fourth-order valence-corrected chi connectivity index (χ4v) is 3.81. The van der Waals surface area contributed by atoms with Gasteiger partial charge >= 0.3 is 0 Å². The summed E-state index contributed by atoms with van der Waals surface area (Å²) >= 11 is 3.28. The van der Waals surface area contributed by atoms with E-state index in [2.05, 4.69) is 22.5 Å². The summed E-state index contributed by atoms with van der Waals surface area (Å²) in [5.41, 5.74) is 1.04. The normalized spacial score (nSPS) is 13.6. The highest BCUT2D eigenvalue weighted by molar-refractivity contribution is 9.09. The molecule has 1 aromatic carbocycles. The van der Waals surface area contributed by atoms with Gasteiger partial charge in [-0.25, -0.2) is 8.42 Å². The molecule has 0 saturated carbocycles. The third-order valence-corrected chi connectivity index (χ3v) is 5.08. The van der Waals surface area contributed by atoms with Gasteiger partial charge in [0.05, 0.1) is 4.90 Å². The molecule has 18 heavy (non-hydrogen) atoms. The van der Waals surface area contributed by atoms with Crippen molar-refractivity contribution in [1.29, 1.82) is 0 Å². The van der Waals surface area contributed by atoms with Gasteiger partial charge in [0.25, 0.3) is 0 Å². The molecular weight excluding hydrogens is 314 g/mol. The number of hydrogen-bond donors (Lipinski definition) is 0. The first-order chi connectivity index (χ1) is 8.43. The first kappa shape index (κ1) is 15.4. The molecular formula is C13H18BrNO2S. The minimum atomic E-state index is -3.46. The lowest BCUT2D eigenvalue weighted by Gasteiger charge is -2.25. The fraction of sp³-hybridized carbons (Fsp3) is 0.385. The number of nitrogens with zero attached hydrogens (tertiary/aromatic N) is 1. The number of rotatable bonds is 6. The lowest BCUT2D eigenvalue weighted by Crippen LogP contribution is -2.38. The van der Waals surface area contributed by atoms with E-state index in [4.69, 9.17) is 0 Å². The molecule has 1 aromatic rings. The van der Waals surface area contributed by atoms with Gasteiger partial charge in [-0.2, -0.15) is 4.31 Å². The second kappa shape index (κ2) is 6.50. The van der Waals surface area contributed by atoms with Gasteiger partial charge in [0.1, 0.15) is 0 Å². The topological polar surface area (TPSA) is 37.4 Å². The van der Waals surface area contributed by atoms with Gasteiger partial charge in [-0.1, -0.05) is 39.7 Å². The molecule has 5 heteroatoms. The number of sulfonamides is 1. The SMILES string of the molecule is C=CC(C)N(CCBr)S(=O)(=O)c1ccc(C)cc1. The predicted octanol–water partition coefficient (Wildman–Crippen LogP) is 2.96. The molecule has 3 nitrogen and oxygen atoms in total. The van der Waals surface area contributed by atoms with E-state index in [1.54, 1.807) is 30.3 Å². The highest BCUT2D eigenvalue weighted by Gasteiger charge is 2.26. The zero-order valence-electron chi connectivity index (χ0n) is 10.6. The number of halogens is 1. The Hall–Kier alpha value is -0.650. The Balaban J connectivity index is 3.16. The molecule has 1 rings (SSSR count). The summed E-state index contributed by atoms with van der Waals surface area (Å²) in [4.78, 5) is 0.322. The quantitative estimate of drug-likeness (QED) is 0.593. The zero-order chi connectivity index (χ0) is 13.8. The van der Waals surface area contributed by atoms with Crippen LogP contribution in [-0.2, 0) is 10.0 Å². The first-order valence-corrected chi connectivity index (χ1v) is 8.26. The predicted molar refractivity (Wildman–Crippen MR) is 78.5 cm³/mol. The molecule has 0 aliphatic carbocycles. The summed E-state index contributed by atoms with van der Waals surface area (Å²) in [6.45, 7) is 7.83. The van der Waals surface area contributed by atoms with Crippen LogP contribution in [0.5, 0.6) is 0 Å². The van der Waals surface area contributed by atoms with Crippen LogP contribution in [0.25, 0.3) is 0 Å². The van der Waals surface area contributed by atoms with Crippen molar-refractivity contribution in [2.45, 2.75) is 24.8 Å². The minimum absolute atomic E-state index is 0.228. The summed E-state index contributed by atoms with van der Waals surface area (Å²) in [6.07, 6.45) is 1.63. The van der Waals surface area contributed by atoms with Crippen LogP contribution in [-0.4, -0.2) is 30.6 Å². The van der Waals surface area contributed by atoms with E-state index in [1.807, 2.05) is 13.8 Å². The molecule has 0 aromatic heterocycles. The van der Waals surface area contributed by atoms with Crippen LogP contribution in [0.2, 0.25) is 0 Å². The van der Waals surface area contributed by atoms with Crippen molar-refractivity contribution in [3.05, 3.63) is 42.5 Å². The monoisotopic (exact) mass is 331 g/mol. The third-order valence-electron chi connectivity index (χ3n) is 2.73. The van der Waals surface area contributed by atoms with Crippen molar-refractivity contribution < 1.29 is 8.42 Å². The van der Waals surface area contributed by atoms with Gasteiger partial charge in [-0.05, 0) is 26.0 Å². The molecule has 0 aliphatic rings. The van der Waals surface area contributed by atoms with E-state index in [0.717, 1.165) is 5.56 Å². The second-order valence-corrected chi connectivity index (χ2v) is 6.78. The molecule has 0 bridgehead atoms. The summed E-state index contributed by atoms with van der Waals surface area (Å²) in [6, 6.07) is 6.66. The van der Waals surface area contributed by atoms with Crippen LogP contribution < -0.4 is 0 Å². The molecule has 1 unspecified atom stereocenters. The van der Waals surface area contributed by atoms with Crippen LogP contribution in [0, 0.1) is 6.92 Å². The summed E-state index contributed by atoms with van der Waals surface area (Å²) in [5.74, 6) is 0. The van der Waals surface area contributed by atoms with Crippen molar-refractivity contribution in [1.82, 2.24) is 4.31 Å². The van der Waals surface area contributed by atoms with Crippen molar-refractivity contribution in [2.75, 3.05) is 11.9 Å². The van der Waals surface area contributed by atoms with Gasteiger partial charge < -0.3 is 0 Å². The molecule has 0 saturated heterocycles. The Morgan fingerprint density at radius 3 is 2.39 bits per heavy atom. The molecule has 0 fully saturated rings. The summed E-state index contributed by atoms with van der Waals surface area (Å²) < 4.78 is 26.4. The largest absolute Gasteiger partial charge is 0.243 e. The Kier molecular flexibility index (Phi) is 5.56. The fourth-order valence-electron chi connectivity index (χ4n) is 1.59. The Morgan fingerprint density at radius 1 is 1.39 bits per heavy atom. The number of hydrogen-bond acceptors (Lipinski definition) is 2. The smallest absolute Gasteiger partial charge is 0.207 e. The van der Waals surface area contributed by atoms with E-state index in [9.17, 15) is 8.42 Å². The molecule has 0 heterocycles. The van der Waals surface area contributed by atoms with Gasteiger partial charge in [-0.3, -0.25) is 0 Å².